The number of hydrogen-bond donors (Lipinski definition) is 1. The molecule has 1 rings (SSSR count). The van der Waals surface area contributed by atoms with E-state index in [1.165, 1.54) is 12.0 Å². The summed E-state index contributed by atoms with van der Waals surface area (Å²) < 4.78 is 1.03. The molecule has 0 aliphatic rings. The highest BCUT2D eigenvalue weighted by Crippen LogP contribution is 2.28. The van der Waals surface area contributed by atoms with Crippen LogP contribution in [0.3, 0.4) is 0 Å². The van der Waals surface area contributed by atoms with Gasteiger partial charge >= 0.3 is 0 Å². The van der Waals surface area contributed by atoms with Gasteiger partial charge in [-0.15, -0.1) is 0 Å². The van der Waals surface area contributed by atoms with Gasteiger partial charge in [-0.25, -0.2) is 0 Å². The first-order valence-corrected chi connectivity index (χ1v) is 9.09. The van der Waals surface area contributed by atoms with E-state index in [1.54, 1.807) is 0 Å². The van der Waals surface area contributed by atoms with Crippen molar-refractivity contribution in [3.05, 3.63) is 33.3 Å². The molecule has 4 heteroatoms. The Morgan fingerprint density at radius 2 is 1.95 bits per heavy atom. The molecule has 0 saturated carbocycles. The van der Waals surface area contributed by atoms with Crippen molar-refractivity contribution < 1.29 is 0 Å². The van der Waals surface area contributed by atoms with Crippen LogP contribution in [0.1, 0.15) is 52.1 Å². The summed E-state index contributed by atoms with van der Waals surface area (Å²) in [5.41, 5.74) is 1.20. The molecule has 2 nitrogen and oxygen atoms in total. The lowest BCUT2D eigenvalue weighted by molar-refractivity contribution is 0.210. The summed E-state index contributed by atoms with van der Waals surface area (Å²) in [6.07, 6.45) is 2.27. The van der Waals surface area contributed by atoms with Gasteiger partial charge in [0.1, 0.15) is 0 Å². The SMILES string of the molecule is CCCN(CCC(NCC)c1ccc(Br)cc1Cl)C(C)C. The van der Waals surface area contributed by atoms with E-state index >= 15 is 0 Å². The zero-order chi connectivity index (χ0) is 15.8. The minimum absolute atomic E-state index is 0.314. The van der Waals surface area contributed by atoms with E-state index in [9.17, 15) is 0 Å². The maximum Gasteiger partial charge on any atom is 0.0465 e. The monoisotopic (exact) mass is 374 g/mol. The Bertz CT molecular complexity index is 423. The molecule has 0 spiro atoms. The minimum atomic E-state index is 0.314. The van der Waals surface area contributed by atoms with Crippen LogP contribution in [0.2, 0.25) is 5.02 Å². The van der Waals surface area contributed by atoms with Crippen LogP contribution in [-0.2, 0) is 0 Å². The number of halogens is 2. The van der Waals surface area contributed by atoms with Crippen LogP contribution < -0.4 is 5.32 Å². The molecule has 0 amide bonds. The fraction of sp³-hybridized carbons (Fsp3) is 0.647. The molecule has 0 aliphatic heterocycles. The largest absolute Gasteiger partial charge is 0.310 e. The van der Waals surface area contributed by atoms with Gasteiger partial charge in [-0.1, -0.05) is 47.4 Å². The first-order valence-electron chi connectivity index (χ1n) is 7.91. The molecule has 1 N–H and O–H groups in total. The lowest BCUT2D eigenvalue weighted by atomic mass is 10.0. The quantitative estimate of drug-likeness (QED) is 0.633. The van der Waals surface area contributed by atoms with E-state index in [1.807, 2.05) is 6.07 Å². The van der Waals surface area contributed by atoms with Crippen molar-refractivity contribution >= 4 is 27.5 Å². The lowest BCUT2D eigenvalue weighted by Gasteiger charge is -2.29. The molecule has 0 bridgehead atoms. The van der Waals surface area contributed by atoms with Crippen molar-refractivity contribution in [1.82, 2.24) is 10.2 Å². The lowest BCUT2D eigenvalue weighted by Crippen LogP contribution is -2.35. The molecule has 0 heterocycles. The summed E-state index contributed by atoms with van der Waals surface area (Å²) in [6, 6.07) is 7.08. The molecule has 1 atom stereocenters. The number of hydrogen-bond acceptors (Lipinski definition) is 2. The summed E-state index contributed by atoms with van der Waals surface area (Å²) in [7, 11) is 0. The topological polar surface area (TPSA) is 15.3 Å². The maximum atomic E-state index is 6.42. The van der Waals surface area contributed by atoms with Crippen molar-refractivity contribution in [2.75, 3.05) is 19.6 Å². The number of benzene rings is 1. The Morgan fingerprint density at radius 3 is 2.48 bits per heavy atom. The second-order valence-corrected chi connectivity index (χ2v) is 7.02. The Balaban J connectivity index is 2.77. The Labute approximate surface area is 143 Å². The molecular weight excluding hydrogens is 348 g/mol. The molecule has 0 fully saturated rings. The van der Waals surface area contributed by atoms with Gasteiger partial charge in [-0.2, -0.15) is 0 Å². The Morgan fingerprint density at radius 1 is 1.24 bits per heavy atom. The smallest absolute Gasteiger partial charge is 0.0465 e. The van der Waals surface area contributed by atoms with Gasteiger partial charge in [0.25, 0.3) is 0 Å². The molecule has 0 aliphatic carbocycles. The first kappa shape index (κ1) is 19.0. The zero-order valence-electron chi connectivity index (χ0n) is 13.6. The zero-order valence-corrected chi connectivity index (χ0v) is 16.0. The van der Waals surface area contributed by atoms with E-state index in [0.717, 1.165) is 35.6 Å². The number of nitrogens with one attached hydrogen (secondary N) is 1. The molecule has 120 valence electrons. The highest BCUT2D eigenvalue weighted by atomic mass is 79.9. The summed E-state index contributed by atoms with van der Waals surface area (Å²) >= 11 is 9.89. The molecular formula is C17H28BrClN2. The van der Waals surface area contributed by atoms with Gasteiger partial charge in [-0.05, 0) is 57.5 Å². The van der Waals surface area contributed by atoms with Gasteiger partial charge in [0.15, 0.2) is 0 Å². The average molecular weight is 376 g/mol. The second-order valence-electron chi connectivity index (χ2n) is 5.69. The van der Waals surface area contributed by atoms with Crippen LogP contribution in [0.5, 0.6) is 0 Å². The Hall–Kier alpha value is -0.0900. The number of nitrogens with zero attached hydrogens (tertiary/aromatic N) is 1. The van der Waals surface area contributed by atoms with E-state index in [-0.39, 0.29) is 0 Å². The summed E-state index contributed by atoms with van der Waals surface area (Å²) in [5.74, 6) is 0. The van der Waals surface area contributed by atoms with Gasteiger partial charge in [0.05, 0.1) is 0 Å². The van der Waals surface area contributed by atoms with Crippen molar-refractivity contribution in [3.63, 3.8) is 0 Å². The minimum Gasteiger partial charge on any atom is -0.310 e. The molecule has 0 saturated heterocycles. The third kappa shape index (κ3) is 6.27. The fourth-order valence-electron chi connectivity index (χ4n) is 2.61. The summed E-state index contributed by atoms with van der Waals surface area (Å²) in [6.45, 7) is 12.1. The van der Waals surface area contributed by atoms with E-state index in [2.05, 4.69) is 66.0 Å². The molecule has 21 heavy (non-hydrogen) atoms. The highest BCUT2D eigenvalue weighted by molar-refractivity contribution is 9.10. The van der Waals surface area contributed by atoms with Crippen molar-refractivity contribution in [3.8, 4) is 0 Å². The van der Waals surface area contributed by atoms with Crippen LogP contribution in [0.25, 0.3) is 0 Å². The predicted octanol–water partition coefficient (Wildman–Crippen LogP) is 5.26. The van der Waals surface area contributed by atoms with Crippen LogP contribution >= 0.6 is 27.5 Å². The molecule has 1 aromatic carbocycles. The number of rotatable bonds is 9. The summed E-state index contributed by atoms with van der Waals surface area (Å²) in [4.78, 5) is 2.54. The third-order valence-electron chi connectivity index (χ3n) is 3.73. The molecule has 0 aromatic heterocycles. The van der Waals surface area contributed by atoms with Crippen LogP contribution in [0.15, 0.2) is 22.7 Å². The standard InChI is InChI=1S/C17H28BrClN2/c1-5-10-21(13(3)4)11-9-17(20-6-2)15-8-7-14(18)12-16(15)19/h7-8,12-13,17,20H,5-6,9-11H2,1-4H3. The van der Waals surface area contributed by atoms with E-state index in [0.29, 0.717) is 12.1 Å². The maximum absolute atomic E-state index is 6.42. The van der Waals surface area contributed by atoms with Crippen LogP contribution in [0.4, 0.5) is 0 Å². The van der Waals surface area contributed by atoms with Gasteiger partial charge in [0, 0.05) is 28.1 Å². The highest BCUT2D eigenvalue weighted by Gasteiger charge is 2.16. The average Bonchev–Trinajstić information content (AvgIpc) is 2.42. The Kier molecular flexibility index (Phi) is 8.88. The van der Waals surface area contributed by atoms with Crippen molar-refractivity contribution in [2.24, 2.45) is 0 Å². The van der Waals surface area contributed by atoms with E-state index in [4.69, 9.17) is 11.6 Å². The van der Waals surface area contributed by atoms with Crippen molar-refractivity contribution in [2.45, 2.75) is 52.6 Å². The van der Waals surface area contributed by atoms with E-state index < -0.39 is 0 Å². The molecule has 1 unspecified atom stereocenters. The molecule has 1 aromatic rings. The third-order valence-corrected chi connectivity index (χ3v) is 4.56. The normalized spacial score (nSPS) is 13.1. The van der Waals surface area contributed by atoms with Crippen LogP contribution in [-0.4, -0.2) is 30.6 Å². The van der Waals surface area contributed by atoms with Gasteiger partial charge in [0.2, 0.25) is 0 Å². The fourth-order valence-corrected chi connectivity index (χ4v) is 3.41. The predicted molar refractivity (Wildman–Crippen MR) is 97.2 cm³/mol. The van der Waals surface area contributed by atoms with Crippen LogP contribution in [0, 0.1) is 0 Å². The molecule has 0 radical (unpaired) electrons. The van der Waals surface area contributed by atoms with Crippen molar-refractivity contribution in [1.29, 1.82) is 0 Å². The first-order chi connectivity index (χ1) is 9.99. The second kappa shape index (κ2) is 9.83. The van der Waals surface area contributed by atoms with Gasteiger partial charge < -0.3 is 10.2 Å². The summed E-state index contributed by atoms with van der Waals surface area (Å²) in [5, 5.41) is 4.40. The van der Waals surface area contributed by atoms with Gasteiger partial charge in [-0.3, -0.25) is 0 Å².